The Kier molecular flexibility index (Phi) is 7.12. The fraction of sp³-hybridized carbons (Fsp3) is 0.133. The largest absolute Gasteiger partial charge is 0.501 e. The first-order valence-electron chi connectivity index (χ1n) is 7.38. The Morgan fingerprint density at radius 2 is 1.80 bits per heavy atom. The fourth-order valence-electron chi connectivity index (χ4n) is 2.03. The summed E-state index contributed by atoms with van der Waals surface area (Å²) in [6, 6.07) is 4.94. The van der Waals surface area contributed by atoms with Crippen molar-refractivity contribution < 1.29 is 40.3 Å². The SMILES string of the molecule is O=C(CS(=O)c1ccc(S(=O)(=O)C(F)(F)F)cc1[N+](=O)[O-])Oc1ccc(Cl)cc1Cl. The van der Waals surface area contributed by atoms with Gasteiger partial charge in [0.15, 0.2) is 0 Å². The van der Waals surface area contributed by atoms with Gasteiger partial charge in [-0.2, -0.15) is 13.2 Å². The van der Waals surface area contributed by atoms with Crippen molar-refractivity contribution >= 4 is 55.5 Å². The van der Waals surface area contributed by atoms with E-state index in [2.05, 4.69) is 0 Å². The maximum absolute atomic E-state index is 12.6. The van der Waals surface area contributed by atoms with Crippen LogP contribution in [0.15, 0.2) is 46.2 Å². The van der Waals surface area contributed by atoms with E-state index in [-0.39, 0.29) is 21.9 Å². The number of alkyl halides is 3. The maximum atomic E-state index is 12.6. The lowest BCUT2D eigenvalue weighted by atomic mass is 10.3. The number of esters is 1. The number of hydrogen-bond donors (Lipinski definition) is 0. The van der Waals surface area contributed by atoms with Crippen LogP contribution in [0.25, 0.3) is 0 Å². The first-order valence-corrected chi connectivity index (χ1v) is 10.9. The molecule has 0 fully saturated rings. The second kappa shape index (κ2) is 8.88. The second-order valence-electron chi connectivity index (χ2n) is 5.37. The molecule has 0 N–H and O–H groups in total. The van der Waals surface area contributed by atoms with Gasteiger partial charge in [0.25, 0.3) is 15.5 Å². The van der Waals surface area contributed by atoms with Crippen LogP contribution in [0.2, 0.25) is 10.0 Å². The third kappa shape index (κ3) is 5.28. The first-order chi connectivity index (χ1) is 13.7. The summed E-state index contributed by atoms with van der Waals surface area (Å²) in [5, 5.41) is 11.4. The lowest BCUT2D eigenvalue weighted by Crippen LogP contribution is -2.23. The van der Waals surface area contributed by atoms with Gasteiger partial charge in [-0.05, 0) is 30.3 Å². The van der Waals surface area contributed by atoms with Gasteiger partial charge >= 0.3 is 11.5 Å². The van der Waals surface area contributed by atoms with Crippen LogP contribution >= 0.6 is 23.2 Å². The Hall–Kier alpha value is -2.22. The molecule has 0 aliphatic rings. The van der Waals surface area contributed by atoms with E-state index in [4.69, 9.17) is 27.9 Å². The average molecular weight is 506 g/mol. The van der Waals surface area contributed by atoms with E-state index in [0.717, 1.165) is 0 Å². The van der Waals surface area contributed by atoms with Crippen molar-refractivity contribution in [3.05, 3.63) is 56.6 Å². The summed E-state index contributed by atoms with van der Waals surface area (Å²) >= 11 is 11.5. The van der Waals surface area contributed by atoms with E-state index in [1.165, 1.54) is 18.2 Å². The summed E-state index contributed by atoms with van der Waals surface area (Å²) in [6.07, 6.45) is 0. The van der Waals surface area contributed by atoms with Crippen molar-refractivity contribution in [1.82, 2.24) is 0 Å². The van der Waals surface area contributed by atoms with Crippen LogP contribution < -0.4 is 4.74 Å². The number of hydrogen-bond acceptors (Lipinski definition) is 7. The van der Waals surface area contributed by atoms with Gasteiger partial charge in [-0.3, -0.25) is 19.1 Å². The molecule has 0 amide bonds. The van der Waals surface area contributed by atoms with E-state index < -0.39 is 58.3 Å². The molecule has 0 spiro atoms. The highest BCUT2D eigenvalue weighted by atomic mass is 35.5. The van der Waals surface area contributed by atoms with Crippen molar-refractivity contribution in [2.45, 2.75) is 15.3 Å². The Bertz CT molecular complexity index is 1150. The van der Waals surface area contributed by atoms with Crippen molar-refractivity contribution in [2.75, 3.05) is 5.75 Å². The molecule has 0 bridgehead atoms. The normalized spacial score (nSPS) is 13.0. The summed E-state index contributed by atoms with van der Waals surface area (Å²) in [6.45, 7) is 0. The van der Waals surface area contributed by atoms with Gasteiger partial charge in [-0.15, -0.1) is 0 Å². The van der Waals surface area contributed by atoms with Crippen LogP contribution in [0.5, 0.6) is 5.75 Å². The average Bonchev–Trinajstić information content (AvgIpc) is 2.62. The van der Waals surface area contributed by atoms with Crippen LogP contribution in [0, 0.1) is 10.1 Å². The molecule has 30 heavy (non-hydrogen) atoms. The second-order valence-corrected chi connectivity index (χ2v) is 9.58. The minimum absolute atomic E-state index is 0.0469. The molecule has 2 aromatic carbocycles. The lowest BCUT2D eigenvalue weighted by Gasteiger charge is -2.10. The molecule has 0 aromatic heterocycles. The molecule has 0 heterocycles. The van der Waals surface area contributed by atoms with Crippen LogP contribution in [-0.4, -0.2) is 34.8 Å². The zero-order valence-corrected chi connectivity index (χ0v) is 17.3. The molecule has 8 nitrogen and oxygen atoms in total. The number of sulfone groups is 1. The first kappa shape index (κ1) is 24.1. The highest BCUT2D eigenvalue weighted by Crippen LogP contribution is 2.34. The standard InChI is InChI=1S/C15H8Cl2F3NO7S2/c16-8-1-3-12(10(17)5-8)28-14(22)7-29(25)13-4-2-9(6-11(13)21(23)24)30(26,27)15(18,19)20/h1-6H,7H2. The highest BCUT2D eigenvalue weighted by Gasteiger charge is 2.47. The molecule has 2 aromatic rings. The predicted molar refractivity (Wildman–Crippen MR) is 99.7 cm³/mol. The van der Waals surface area contributed by atoms with Gasteiger partial charge in [-0.25, -0.2) is 8.42 Å². The van der Waals surface area contributed by atoms with Gasteiger partial charge < -0.3 is 4.74 Å². The van der Waals surface area contributed by atoms with Gasteiger partial charge in [0.2, 0.25) is 0 Å². The minimum Gasteiger partial charge on any atom is -0.424 e. The fourth-order valence-corrected chi connectivity index (χ4v) is 4.27. The Morgan fingerprint density at radius 3 is 2.33 bits per heavy atom. The smallest absolute Gasteiger partial charge is 0.424 e. The molecule has 1 atom stereocenters. The summed E-state index contributed by atoms with van der Waals surface area (Å²) in [5.74, 6) is -2.19. The quantitative estimate of drug-likeness (QED) is 0.252. The summed E-state index contributed by atoms with van der Waals surface area (Å²) in [5.41, 5.74) is -6.86. The number of carbonyl (C=O) groups excluding carboxylic acids is 1. The van der Waals surface area contributed by atoms with E-state index in [1.807, 2.05) is 0 Å². The van der Waals surface area contributed by atoms with Crippen molar-refractivity contribution in [1.29, 1.82) is 0 Å². The molecule has 15 heteroatoms. The third-order valence-electron chi connectivity index (χ3n) is 3.35. The van der Waals surface area contributed by atoms with E-state index in [0.29, 0.717) is 12.1 Å². The summed E-state index contributed by atoms with van der Waals surface area (Å²) < 4.78 is 78.0. The van der Waals surface area contributed by atoms with Crippen molar-refractivity contribution in [3.8, 4) is 5.75 Å². The van der Waals surface area contributed by atoms with Gasteiger partial charge in [0.05, 0.1) is 25.6 Å². The molecule has 0 saturated heterocycles. The molecule has 2 rings (SSSR count). The van der Waals surface area contributed by atoms with Crippen LogP contribution in [0.3, 0.4) is 0 Å². The van der Waals surface area contributed by atoms with Crippen LogP contribution in [0.4, 0.5) is 18.9 Å². The molecule has 0 radical (unpaired) electrons. The zero-order chi connectivity index (χ0) is 22.9. The molecule has 0 aliphatic heterocycles. The van der Waals surface area contributed by atoms with E-state index in [1.54, 1.807) is 0 Å². The number of nitro benzene ring substituents is 1. The third-order valence-corrected chi connectivity index (χ3v) is 6.70. The highest BCUT2D eigenvalue weighted by molar-refractivity contribution is 7.92. The number of rotatable bonds is 6. The monoisotopic (exact) mass is 505 g/mol. The van der Waals surface area contributed by atoms with Crippen LogP contribution in [0.1, 0.15) is 0 Å². The van der Waals surface area contributed by atoms with Crippen LogP contribution in [-0.2, 0) is 25.4 Å². The topological polar surface area (TPSA) is 121 Å². The van der Waals surface area contributed by atoms with Gasteiger partial charge in [-0.1, -0.05) is 23.2 Å². The number of nitrogens with zero attached hydrogens (tertiary/aromatic N) is 1. The molecular weight excluding hydrogens is 498 g/mol. The minimum atomic E-state index is -5.87. The molecule has 0 saturated carbocycles. The summed E-state index contributed by atoms with van der Waals surface area (Å²) in [7, 11) is -8.32. The zero-order valence-electron chi connectivity index (χ0n) is 14.2. The van der Waals surface area contributed by atoms with Crippen molar-refractivity contribution in [2.24, 2.45) is 0 Å². The summed E-state index contributed by atoms with van der Waals surface area (Å²) in [4.78, 5) is 19.8. The number of ether oxygens (including phenoxy) is 1. The lowest BCUT2D eigenvalue weighted by molar-refractivity contribution is -0.388. The predicted octanol–water partition coefficient (Wildman–Crippen LogP) is 3.91. The van der Waals surface area contributed by atoms with E-state index in [9.17, 15) is 40.7 Å². The molecule has 162 valence electrons. The Morgan fingerprint density at radius 1 is 1.17 bits per heavy atom. The molecule has 0 aliphatic carbocycles. The molecule has 1 unspecified atom stereocenters. The van der Waals surface area contributed by atoms with Gasteiger partial charge in [0.1, 0.15) is 16.4 Å². The van der Waals surface area contributed by atoms with Gasteiger partial charge in [0, 0.05) is 11.1 Å². The number of halogens is 5. The van der Waals surface area contributed by atoms with Crippen molar-refractivity contribution in [3.63, 3.8) is 0 Å². The number of benzene rings is 2. The number of carbonyl (C=O) groups is 1. The van der Waals surface area contributed by atoms with E-state index >= 15 is 0 Å². The maximum Gasteiger partial charge on any atom is 0.501 e. The molecular formula is C15H8Cl2F3NO7S2. The number of nitro groups is 1. The Labute approximate surface area is 179 Å². The Balaban J connectivity index is 2.31.